The van der Waals surface area contributed by atoms with Gasteiger partial charge in [0.2, 0.25) is 0 Å². The van der Waals surface area contributed by atoms with Gasteiger partial charge < -0.3 is 9.88 Å². The van der Waals surface area contributed by atoms with Crippen molar-refractivity contribution in [2.75, 3.05) is 6.54 Å². The lowest BCUT2D eigenvalue weighted by Gasteiger charge is -2.10. The highest BCUT2D eigenvalue weighted by molar-refractivity contribution is 7.18. The van der Waals surface area contributed by atoms with Gasteiger partial charge in [0.25, 0.3) is 0 Å². The minimum Gasteiger partial charge on any atom is -0.337 e. The Morgan fingerprint density at radius 3 is 3.05 bits per heavy atom. The Balaban J connectivity index is 1.52. The van der Waals surface area contributed by atoms with Crippen molar-refractivity contribution < 1.29 is 0 Å². The topological polar surface area (TPSA) is 42.7 Å². The first-order valence-corrected chi connectivity index (χ1v) is 7.69. The fourth-order valence-corrected chi connectivity index (χ4v) is 3.16. The van der Waals surface area contributed by atoms with Crippen molar-refractivity contribution >= 4 is 21.6 Å². The Kier molecular flexibility index (Phi) is 4.08. The largest absolute Gasteiger partial charge is 0.337 e. The summed E-state index contributed by atoms with van der Waals surface area (Å²) < 4.78 is 3.36. The van der Waals surface area contributed by atoms with Crippen molar-refractivity contribution in [1.82, 2.24) is 19.9 Å². The molecule has 3 rings (SSSR count). The average molecular weight is 286 g/mol. The molecule has 3 aromatic rings. The van der Waals surface area contributed by atoms with Crippen LogP contribution in [0.1, 0.15) is 24.4 Å². The maximum absolute atomic E-state index is 4.68. The van der Waals surface area contributed by atoms with Crippen LogP contribution in [0.4, 0.5) is 0 Å². The summed E-state index contributed by atoms with van der Waals surface area (Å²) in [7, 11) is 0. The molecule has 20 heavy (non-hydrogen) atoms. The SMILES string of the molecule is CC(NCCCn1ccnc1)c1nc2ccccc2s1. The molecule has 2 aromatic heterocycles. The molecule has 0 aliphatic rings. The molecule has 2 heterocycles. The van der Waals surface area contributed by atoms with E-state index in [2.05, 4.69) is 45.0 Å². The van der Waals surface area contributed by atoms with Crippen LogP contribution < -0.4 is 5.32 Å². The second-order valence-corrected chi connectivity index (χ2v) is 5.91. The van der Waals surface area contributed by atoms with E-state index in [4.69, 9.17) is 0 Å². The number of aryl methyl sites for hydroxylation is 1. The number of nitrogens with one attached hydrogen (secondary N) is 1. The number of imidazole rings is 1. The number of hydrogen-bond donors (Lipinski definition) is 1. The first-order chi connectivity index (χ1) is 9.83. The Hall–Kier alpha value is -1.72. The third kappa shape index (κ3) is 3.05. The van der Waals surface area contributed by atoms with Crippen LogP contribution in [0.15, 0.2) is 43.0 Å². The third-order valence-corrected chi connectivity index (χ3v) is 4.50. The Morgan fingerprint density at radius 1 is 1.35 bits per heavy atom. The molecular weight excluding hydrogens is 268 g/mol. The predicted molar refractivity (Wildman–Crippen MR) is 82.9 cm³/mol. The van der Waals surface area contributed by atoms with E-state index in [-0.39, 0.29) is 0 Å². The molecule has 0 aliphatic heterocycles. The van der Waals surface area contributed by atoms with Gasteiger partial charge in [-0.1, -0.05) is 12.1 Å². The maximum Gasteiger partial charge on any atom is 0.111 e. The fourth-order valence-electron chi connectivity index (χ4n) is 2.16. The van der Waals surface area contributed by atoms with Crippen LogP contribution in [0.2, 0.25) is 0 Å². The lowest BCUT2D eigenvalue weighted by Crippen LogP contribution is -2.20. The standard InChI is InChI=1S/C15H18N4S/c1-12(17-7-4-9-19-10-8-16-11-19)15-18-13-5-2-3-6-14(13)20-15/h2-3,5-6,8,10-12,17H,4,7,9H2,1H3. The summed E-state index contributed by atoms with van der Waals surface area (Å²) in [6, 6.07) is 8.60. The Morgan fingerprint density at radius 2 is 2.25 bits per heavy atom. The molecule has 0 saturated heterocycles. The average Bonchev–Trinajstić information content (AvgIpc) is 3.12. The fraction of sp³-hybridized carbons (Fsp3) is 0.333. The van der Waals surface area contributed by atoms with E-state index < -0.39 is 0 Å². The van der Waals surface area contributed by atoms with Gasteiger partial charge in [-0.3, -0.25) is 0 Å². The van der Waals surface area contributed by atoms with E-state index in [1.807, 2.05) is 24.8 Å². The van der Waals surface area contributed by atoms with E-state index in [0.29, 0.717) is 6.04 Å². The van der Waals surface area contributed by atoms with Crippen molar-refractivity contribution in [2.24, 2.45) is 0 Å². The number of benzene rings is 1. The molecule has 0 spiro atoms. The zero-order valence-electron chi connectivity index (χ0n) is 11.5. The highest BCUT2D eigenvalue weighted by Crippen LogP contribution is 2.25. The zero-order valence-corrected chi connectivity index (χ0v) is 12.3. The van der Waals surface area contributed by atoms with E-state index in [9.17, 15) is 0 Å². The highest BCUT2D eigenvalue weighted by Gasteiger charge is 2.10. The number of nitrogens with zero attached hydrogens (tertiary/aromatic N) is 3. The van der Waals surface area contributed by atoms with E-state index >= 15 is 0 Å². The van der Waals surface area contributed by atoms with Crippen LogP contribution in [-0.4, -0.2) is 21.1 Å². The van der Waals surface area contributed by atoms with Crippen LogP contribution in [0, 0.1) is 0 Å². The van der Waals surface area contributed by atoms with Gasteiger partial charge in [0.05, 0.1) is 22.6 Å². The lowest BCUT2D eigenvalue weighted by atomic mass is 10.3. The number of aromatic nitrogens is 3. The molecule has 0 fully saturated rings. The smallest absolute Gasteiger partial charge is 0.111 e. The Labute approximate surface area is 122 Å². The maximum atomic E-state index is 4.68. The van der Waals surface area contributed by atoms with Crippen molar-refractivity contribution in [1.29, 1.82) is 0 Å². The first-order valence-electron chi connectivity index (χ1n) is 6.87. The van der Waals surface area contributed by atoms with E-state index in [0.717, 1.165) is 30.0 Å². The van der Waals surface area contributed by atoms with Gasteiger partial charge in [-0.05, 0) is 32.0 Å². The molecule has 1 atom stereocenters. The summed E-state index contributed by atoms with van der Waals surface area (Å²) in [5.74, 6) is 0. The van der Waals surface area contributed by atoms with Gasteiger partial charge in [-0.25, -0.2) is 9.97 Å². The summed E-state index contributed by atoms with van der Waals surface area (Å²) in [5.41, 5.74) is 1.10. The quantitative estimate of drug-likeness (QED) is 0.707. The molecule has 0 amide bonds. The number of rotatable bonds is 6. The molecule has 0 bridgehead atoms. The molecule has 1 N–H and O–H groups in total. The van der Waals surface area contributed by atoms with Crippen LogP contribution in [0.25, 0.3) is 10.2 Å². The minimum atomic E-state index is 0.301. The van der Waals surface area contributed by atoms with Crippen LogP contribution in [0.5, 0.6) is 0 Å². The molecular formula is C15H18N4S. The summed E-state index contributed by atoms with van der Waals surface area (Å²) in [5, 5.41) is 4.70. The van der Waals surface area contributed by atoms with Gasteiger partial charge in [-0.15, -0.1) is 11.3 Å². The van der Waals surface area contributed by atoms with Gasteiger partial charge in [0, 0.05) is 18.9 Å². The molecule has 1 unspecified atom stereocenters. The third-order valence-electron chi connectivity index (χ3n) is 3.28. The number of para-hydroxylation sites is 1. The molecule has 0 radical (unpaired) electrons. The monoisotopic (exact) mass is 286 g/mol. The molecule has 1 aromatic carbocycles. The zero-order chi connectivity index (χ0) is 13.8. The molecule has 5 heteroatoms. The molecule has 104 valence electrons. The predicted octanol–water partition coefficient (Wildman–Crippen LogP) is 3.23. The van der Waals surface area contributed by atoms with Crippen molar-refractivity contribution in [2.45, 2.75) is 25.9 Å². The van der Waals surface area contributed by atoms with E-state index in [1.54, 1.807) is 11.3 Å². The van der Waals surface area contributed by atoms with Gasteiger partial charge in [-0.2, -0.15) is 0 Å². The number of thiazole rings is 1. The highest BCUT2D eigenvalue weighted by atomic mass is 32.1. The number of hydrogen-bond acceptors (Lipinski definition) is 4. The first kappa shape index (κ1) is 13.3. The van der Waals surface area contributed by atoms with Crippen molar-refractivity contribution in [3.8, 4) is 0 Å². The van der Waals surface area contributed by atoms with Crippen molar-refractivity contribution in [3.05, 3.63) is 48.0 Å². The molecule has 0 saturated carbocycles. The van der Waals surface area contributed by atoms with Gasteiger partial charge in [0.1, 0.15) is 5.01 Å². The summed E-state index contributed by atoms with van der Waals surface area (Å²) >= 11 is 1.77. The van der Waals surface area contributed by atoms with Crippen LogP contribution in [0.3, 0.4) is 0 Å². The molecule has 0 aliphatic carbocycles. The van der Waals surface area contributed by atoms with E-state index in [1.165, 1.54) is 4.70 Å². The normalized spacial score (nSPS) is 12.8. The van der Waals surface area contributed by atoms with Crippen LogP contribution in [-0.2, 0) is 6.54 Å². The molecule has 4 nitrogen and oxygen atoms in total. The van der Waals surface area contributed by atoms with Gasteiger partial charge >= 0.3 is 0 Å². The van der Waals surface area contributed by atoms with Crippen LogP contribution >= 0.6 is 11.3 Å². The van der Waals surface area contributed by atoms with Crippen molar-refractivity contribution in [3.63, 3.8) is 0 Å². The minimum absolute atomic E-state index is 0.301. The number of fused-ring (bicyclic) bond motifs is 1. The second-order valence-electron chi connectivity index (χ2n) is 4.85. The summed E-state index contributed by atoms with van der Waals surface area (Å²) in [6.45, 7) is 4.16. The second kappa shape index (κ2) is 6.15. The Bertz CT molecular complexity index is 626. The summed E-state index contributed by atoms with van der Waals surface area (Å²) in [6.07, 6.45) is 6.76. The lowest BCUT2D eigenvalue weighted by molar-refractivity contribution is 0.525. The summed E-state index contributed by atoms with van der Waals surface area (Å²) in [4.78, 5) is 8.72. The van der Waals surface area contributed by atoms with Gasteiger partial charge in [0.15, 0.2) is 0 Å².